The second-order valence-electron chi connectivity index (χ2n) is 5.33. The molecule has 0 unspecified atom stereocenters. The van der Waals surface area contributed by atoms with Crippen molar-refractivity contribution in [1.82, 2.24) is 4.31 Å². The maximum Gasteiger partial charge on any atom is 0.243 e. The molecule has 4 heteroatoms. The van der Waals surface area contributed by atoms with E-state index < -0.39 is 10.0 Å². The molecule has 18 heavy (non-hydrogen) atoms. The van der Waals surface area contributed by atoms with Crippen molar-refractivity contribution in [2.45, 2.75) is 38.0 Å². The van der Waals surface area contributed by atoms with Crippen molar-refractivity contribution in [3.63, 3.8) is 0 Å². The summed E-state index contributed by atoms with van der Waals surface area (Å²) in [6, 6.07) is 5.49. The highest BCUT2D eigenvalue weighted by Gasteiger charge is 2.26. The van der Waals surface area contributed by atoms with Gasteiger partial charge in [-0.15, -0.1) is 0 Å². The number of sulfonamides is 1. The molecule has 1 aromatic rings. The normalized spacial score (nSPS) is 16.2. The number of hydrogen-bond acceptors (Lipinski definition) is 2. The first-order valence-electron chi connectivity index (χ1n) is 6.45. The Balaban J connectivity index is 2.17. The van der Waals surface area contributed by atoms with Crippen molar-refractivity contribution in [3.8, 4) is 0 Å². The van der Waals surface area contributed by atoms with Crippen LogP contribution in [0.4, 0.5) is 0 Å². The second kappa shape index (κ2) is 5.02. The smallest absolute Gasteiger partial charge is 0.207 e. The average Bonchev–Trinajstić information content (AvgIpc) is 3.08. The lowest BCUT2D eigenvalue weighted by Gasteiger charge is -2.18. The molecule has 0 bridgehead atoms. The Morgan fingerprint density at radius 1 is 1.28 bits per heavy atom. The van der Waals surface area contributed by atoms with Crippen LogP contribution in [-0.4, -0.2) is 26.3 Å². The Bertz CT molecular complexity index is 533. The van der Waals surface area contributed by atoms with Gasteiger partial charge in [0.2, 0.25) is 10.0 Å². The van der Waals surface area contributed by atoms with Gasteiger partial charge in [-0.2, -0.15) is 0 Å². The van der Waals surface area contributed by atoms with Crippen molar-refractivity contribution in [2.75, 3.05) is 13.6 Å². The Labute approximate surface area is 110 Å². The van der Waals surface area contributed by atoms with Gasteiger partial charge in [-0.05, 0) is 37.8 Å². The molecule has 0 spiro atoms. The lowest BCUT2D eigenvalue weighted by Crippen LogP contribution is -2.28. The van der Waals surface area contributed by atoms with E-state index in [0.29, 0.717) is 11.4 Å². The highest BCUT2D eigenvalue weighted by Crippen LogP contribution is 2.33. The number of rotatable bonds is 5. The van der Waals surface area contributed by atoms with Gasteiger partial charge >= 0.3 is 0 Å². The molecule has 2 rings (SSSR count). The number of benzene rings is 1. The van der Waals surface area contributed by atoms with Crippen molar-refractivity contribution < 1.29 is 8.42 Å². The van der Waals surface area contributed by atoms with Crippen LogP contribution >= 0.6 is 0 Å². The van der Waals surface area contributed by atoms with Gasteiger partial charge in [-0.25, -0.2) is 12.7 Å². The van der Waals surface area contributed by atoms with Crippen molar-refractivity contribution >= 4 is 10.0 Å². The molecule has 1 aliphatic carbocycles. The molecule has 0 aromatic heterocycles. The summed E-state index contributed by atoms with van der Waals surface area (Å²) in [7, 11) is -1.64. The van der Waals surface area contributed by atoms with Crippen LogP contribution in [0.25, 0.3) is 0 Å². The van der Waals surface area contributed by atoms with E-state index in [0.717, 1.165) is 23.5 Å². The highest BCUT2D eigenvalue weighted by molar-refractivity contribution is 7.89. The summed E-state index contributed by atoms with van der Waals surface area (Å²) in [4.78, 5) is 0.436. The van der Waals surface area contributed by atoms with E-state index in [1.807, 2.05) is 26.0 Å². The van der Waals surface area contributed by atoms with E-state index in [-0.39, 0.29) is 0 Å². The zero-order valence-corrected chi connectivity index (χ0v) is 12.1. The van der Waals surface area contributed by atoms with Gasteiger partial charge in [0, 0.05) is 13.6 Å². The quantitative estimate of drug-likeness (QED) is 0.822. The summed E-state index contributed by atoms with van der Waals surface area (Å²) in [6.45, 7) is 4.45. The van der Waals surface area contributed by atoms with Crippen LogP contribution in [0.1, 0.15) is 30.4 Å². The summed E-state index contributed by atoms with van der Waals surface area (Å²) >= 11 is 0. The molecule has 0 atom stereocenters. The summed E-state index contributed by atoms with van der Waals surface area (Å²) in [5.41, 5.74) is 1.92. The largest absolute Gasteiger partial charge is 0.243 e. The average molecular weight is 267 g/mol. The van der Waals surface area contributed by atoms with Crippen LogP contribution in [0.2, 0.25) is 0 Å². The third kappa shape index (κ3) is 2.93. The van der Waals surface area contributed by atoms with Gasteiger partial charge in [0.1, 0.15) is 0 Å². The molecule has 1 saturated carbocycles. The number of aryl methyl sites for hydroxylation is 2. The predicted octanol–water partition coefficient (Wildman–Crippen LogP) is 2.72. The van der Waals surface area contributed by atoms with Gasteiger partial charge in [-0.1, -0.05) is 30.5 Å². The first-order chi connectivity index (χ1) is 8.41. The molecular weight excluding hydrogens is 246 g/mol. The molecule has 0 amide bonds. The number of nitrogens with zero attached hydrogens (tertiary/aromatic N) is 1. The first kappa shape index (κ1) is 13.6. The molecule has 0 N–H and O–H groups in total. The SMILES string of the molecule is Cc1ccc(S(=O)(=O)N(C)CCC2CC2)c(C)c1. The fourth-order valence-corrected chi connectivity index (χ4v) is 3.54. The van der Waals surface area contributed by atoms with Crippen LogP contribution in [0, 0.1) is 19.8 Å². The molecule has 1 aromatic carbocycles. The van der Waals surface area contributed by atoms with Crippen molar-refractivity contribution in [2.24, 2.45) is 5.92 Å². The van der Waals surface area contributed by atoms with E-state index in [4.69, 9.17) is 0 Å². The number of hydrogen-bond donors (Lipinski definition) is 0. The van der Waals surface area contributed by atoms with E-state index in [2.05, 4.69) is 0 Å². The van der Waals surface area contributed by atoms with Crippen LogP contribution in [-0.2, 0) is 10.0 Å². The van der Waals surface area contributed by atoms with Gasteiger partial charge in [0.25, 0.3) is 0 Å². The molecule has 0 aliphatic heterocycles. The summed E-state index contributed by atoms with van der Waals surface area (Å²) in [5.74, 6) is 0.752. The maximum absolute atomic E-state index is 12.4. The van der Waals surface area contributed by atoms with E-state index in [1.165, 1.54) is 17.1 Å². The van der Waals surface area contributed by atoms with Crippen molar-refractivity contribution in [1.29, 1.82) is 0 Å². The van der Waals surface area contributed by atoms with E-state index >= 15 is 0 Å². The minimum Gasteiger partial charge on any atom is -0.207 e. The van der Waals surface area contributed by atoms with Gasteiger partial charge in [0.05, 0.1) is 4.90 Å². The summed E-state index contributed by atoms with van der Waals surface area (Å²) < 4.78 is 26.3. The third-order valence-corrected chi connectivity index (χ3v) is 5.58. The molecule has 1 aliphatic rings. The highest BCUT2D eigenvalue weighted by atomic mass is 32.2. The fraction of sp³-hybridized carbons (Fsp3) is 0.571. The van der Waals surface area contributed by atoms with Crippen LogP contribution in [0.15, 0.2) is 23.1 Å². The Kier molecular flexibility index (Phi) is 3.78. The topological polar surface area (TPSA) is 37.4 Å². The Morgan fingerprint density at radius 2 is 1.94 bits per heavy atom. The van der Waals surface area contributed by atoms with Crippen molar-refractivity contribution in [3.05, 3.63) is 29.3 Å². The molecule has 1 fully saturated rings. The Hall–Kier alpha value is -0.870. The molecule has 3 nitrogen and oxygen atoms in total. The van der Waals surface area contributed by atoms with Crippen LogP contribution in [0.3, 0.4) is 0 Å². The first-order valence-corrected chi connectivity index (χ1v) is 7.89. The molecule has 0 saturated heterocycles. The zero-order chi connectivity index (χ0) is 13.3. The maximum atomic E-state index is 12.4. The third-order valence-electron chi connectivity index (χ3n) is 3.57. The standard InChI is InChI=1S/C14H21NO2S/c1-11-4-7-14(12(2)10-11)18(16,17)15(3)9-8-13-5-6-13/h4,7,10,13H,5-6,8-9H2,1-3H3. The minimum absolute atomic E-state index is 0.436. The predicted molar refractivity (Wildman–Crippen MR) is 73.1 cm³/mol. The van der Waals surface area contributed by atoms with Gasteiger partial charge < -0.3 is 0 Å². The summed E-state index contributed by atoms with van der Waals surface area (Å²) in [5, 5.41) is 0. The van der Waals surface area contributed by atoms with Crippen LogP contribution < -0.4 is 0 Å². The molecule has 100 valence electrons. The lowest BCUT2D eigenvalue weighted by atomic mass is 10.2. The fourth-order valence-electron chi connectivity index (χ4n) is 2.15. The Morgan fingerprint density at radius 3 is 2.50 bits per heavy atom. The molecule has 0 heterocycles. The van der Waals surface area contributed by atoms with Gasteiger partial charge in [-0.3, -0.25) is 0 Å². The van der Waals surface area contributed by atoms with E-state index in [1.54, 1.807) is 13.1 Å². The van der Waals surface area contributed by atoms with E-state index in [9.17, 15) is 8.42 Å². The zero-order valence-electron chi connectivity index (χ0n) is 11.3. The molecular formula is C14H21NO2S. The summed E-state index contributed by atoms with van der Waals surface area (Å²) in [6.07, 6.45) is 3.51. The lowest BCUT2D eigenvalue weighted by molar-refractivity contribution is 0.450. The monoisotopic (exact) mass is 267 g/mol. The van der Waals surface area contributed by atoms with Crippen LogP contribution in [0.5, 0.6) is 0 Å². The minimum atomic E-state index is -3.32. The van der Waals surface area contributed by atoms with Gasteiger partial charge in [0.15, 0.2) is 0 Å². The second-order valence-corrected chi connectivity index (χ2v) is 7.34. The molecule has 0 radical (unpaired) electrons.